The molecule has 0 aliphatic rings. The quantitative estimate of drug-likeness (QED) is 0.465. The highest BCUT2D eigenvalue weighted by Crippen LogP contribution is 2.04. The lowest BCUT2D eigenvalue weighted by Gasteiger charge is -1.95. The Labute approximate surface area is 65.6 Å². The SMILES string of the molecule is C=C/C(=C\C=N)CCC(=O)O. The molecule has 0 aromatic heterocycles. The van der Waals surface area contributed by atoms with Crippen molar-refractivity contribution in [1.82, 2.24) is 0 Å². The molecule has 0 aromatic rings. The van der Waals surface area contributed by atoms with Gasteiger partial charge in [-0.15, -0.1) is 0 Å². The van der Waals surface area contributed by atoms with Crippen LogP contribution < -0.4 is 0 Å². The highest BCUT2D eigenvalue weighted by Gasteiger charge is 1.97. The fraction of sp³-hybridized carbons (Fsp3) is 0.250. The topological polar surface area (TPSA) is 61.2 Å². The first-order chi connectivity index (χ1) is 5.20. The fourth-order valence-corrected chi connectivity index (χ4v) is 0.612. The molecule has 0 saturated carbocycles. The van der Waals surface area contributed by atoms with Gasteiger partial charge in [-0.2, -0.15) is 0 Å². The van der Waals surface area contributed by atoms with Crippen LogP contribution in [-0.4, -0.2) is 17.3 Å². The van der Waals surface area contributed by atoms with Gasteiger partial charge in [0, 0.05) is 12.6 Å². The summed E-state index contributed by atoms with van der Waals surface area (Å²) < 4.78 is 0. The van der Waals surface area contributed by atoms with Gasteiger partial charge in [-0.1, -0.05) is 12.7 Å². The molecule has 0 spiro atoms. The van der Waals surface area contributed by atoms with Crippen molar-refractivity contribution in [3.8, 4) is 0 Å². The summed E-state index contributed by atoms with van der Waals surface area (Å²) >= 11 is 0. The van der Waals surface area contributed by atoms with Crippen LogP contribution >= 0.6 is 0 Å². The summed E-state index contributed by atoms with van der Waals surface area (Å²) in [6, 6.07) is 0. The molecule has 0 aromatic carbocycles. The predicted octanol–water partition coefficient (Wildman–Crippen LogP) is 1.61. The van der Waals surface area contributed by atoms with Gasteiger partial charge < -0.3 is 10.5 Å². The van der Waals surface area contributed by atoms with E-state index in [0.29, 0.717) is 6.42 Å². The second kappa shape index (κ2) is 5.41. The van der Waals surface area contributed by atoms with Gasteiger partial charge in [-0.3, -0.25) is 4.79 Å². The van der Waals surface area contributed by atoms with Crippen LogP contribution in [-0.2, 0) is 4.79 Å². The molecule has 3 heteroatoms. The van der Waals surface area contributed by atoms with Crippen molar-refractivity contribution in [2.75, 3.05) is 0 Å². The molecule has 0 aliphatic heterocycles. The third kappa shape index (κ3) is 5.08. The highest BCUT2D eigenvalue weighted by atomic mass is 16.4. The molecule has 0 bridgehead atoms. The lowest BCUT2D eigenvalue weighted by molar-refractivity contribution is -0.136. The molecule has 2 N–H and O–H groups in total. The number of hydrogen-bond donors (Lipinski definition) is 2. The highest BCUT2D eigenvalue weighted by molar-refractivity contribution is 5.71. The molecule has 11 heavy (non-hydrogen) atoms. The van der Waals surface area contributed by atoms with E-state index in [9.17, 15) is 4.79 Å². The Morgan fingerprint density at radius 1 is 1.55 bits per heavy atom. The van der Waals surface area contributed by atoms with E-state index in [1.54, 1.807) is 6.08 Å². The van der Waals surface area contributed by atoms with Gasteiger partial charge in [0.2, 0.25) is 0 Å². The normalized spacial score (nSPS) is 10.7. The maximum Gasteiger partial charge on any atom is 0.303 e. The Morgan fingerprint density at radius 3 is 2.55 bits per heavy atom. The number of nitrogens with one attached hydrogen (secondary N) is 1. The second-order valence-corrected chi connectivity index (χ2v) is 2.01. The molecule has 0 aliphatic carbocycles. The van der Waals surface area contributed by atoms with Crippen LogP contribution in [0.4, 0.5) is 0 Å². The van der Waals surface area contributed by atoms with Crippen molar-refractivity contribution in [3.05, 3.63) is 24.3 Å². The van der Waals surface area contributed by atoms with Gasteiger partial charge in [-0.05, 0) is 18.1 Å². The first-order valence-electron chi connectivity index (χ1n) is 3.24. The standard InChI is InChI=1S/C8H11NO2/c1-2-7(5-6-9)3-4-8(10)11/h2,5-6,9H,1,3-4H2,(H,10,11)/b7-5+,9-6?. The molecular formula is C8H11NO2. The smallest absolute Gasteiger partial charge is 0.303 e. The molecule has 0 saturated heterocycles. The summed E-state index contributed by atoms with van der Waals surface area (Å²) in [5, 5.41) is 15.0. The Hall–Kier alpha value is -1.38. The van der Waals surface area contributed by atoms with Crippen molar-refractivity contribution in [2.24, 2.45) is 0 Å². The van der Waals surface area contributed by atoms with E-state index in [4.69, 9.17) is 10.5 Å². The molecule has 0 amide bonds. The number of aliphatic carboxylic acids is 1. The molecular weight excluding hydrogens is 142 g/mol. The maximum absolute atomic E-state index is 10.1. The third-order valence-corrected chi connectivity index (χ3v) is 1.19. The number of carbonyl (C=O) groups is 1. The fourth-order valence-electron chi connectivity index (χ4n) is 0.612. The summed E-state index contributed by atoms with van der Waals surface area (Å²) in [4.78, 5) is 10.1. The molecule has 0 atom stereocenters. The van der Waals surface area contributed by atoms with E-state index < -0.39 is 5.97 Å². The number of allylic oxidation sites excluding steroid dienone is 3. The second-order valence-electron chi connectivity index (χ2n) is 2.01. The van der Waals surface area contributed by atoms with E-state index >= 15 is 0 Å². The van der Waals surface area contributed by atoms with Gasteiger partial charge in [-0.25, -0.2) is 0 Å². The first-order valence-corrected chi connectivity index (χ1v) is 3.24. The largest absolute Gasteiger partial charge is 0.481 e. The summed E-state index contributed by atoms with van der Waals surface area (Å²) in [7, 11) is 0. The number of rotatable bonds is 5. The lowest BCUT2D eigenvalue weighted by atomic mass is 10.1. The Bertz CT molecular complexity index is 194. The van der Waals surface area contributed by atoms with Crippen molar-refractivity contribution in [1.29, 1.82) is 5.41 Å². The molecule has 60 valence electrons. The number of carboxylic acids is 1. The zero-order chi connectivity index (χ0) is 8.69. The summed E-state index contributed by atoms with van der Waals surface area (Å²) in [6.07, 6.45) is 4.75. The Kier molecular flexibility index (Phi) is 4.73. The Morgan fingerprint density at radius 2 is 2.18 bits per heavy atom. The maximum atomic E-state index is 10.1. The molecule has 0 unspecified atom stereocenters. The van der Waals surface area contributed by atoms with E-state index in [1.807, 2.05) is 0 Å². The van der Waals surface area contributed by atoms with E-state index in [-0.39, 0.29) is 6.42 Å². The van der Waals surface area contributed by atoms with Crippen LogP contribution in [0.2, 0.25) is 0 Å². The number of carboxylic acid groups (broad SMARTS) is 1. The molecule has 0 fully saturated rings. The molecule has 3 nitrogen and oxygen atoms in total. The van der Waals surface area contributed by atoms with Crippen LogP contribution in [0, 0.1) is 5.41 Å². The molecule has 0 rings (SSSR count). The van der Waals surface area contributed by atoms with Crippen LogP contribution in [0.25, 0.3) is 0 Å². The van der Waals surface area contributed by atoms with Gasteiger partial charge in [0.05, 0.1) is 0 Å². The van der Waals surface area contributed by atoms with Crippen LogP contribution in [0.1, 0.15) is 12.8 Å². The number of hydrogen-bond acceptors (Lipinski definition) is 2. The summed E-state index contributed by atoms with van der Waals surface area (Å²) in [6.45, 7) is 3.49. The molecule has 0 radical (unpaired) electrons. The predicted molar refractivity (Wildman–Crippen MR) is 43.9 cm³/mol. The van der Waals surface area contributed by atoms with Crippen molar-refractivity contribution < 1.29 is 9.90 Å². The minimum absolute atomic E-state index is 0.0890. The van der Waals surface area contributed by atoms with Crippen LogP contribution in [0.15, 0.2) is 24.3 Å². The van der Waals surface area contributed by atoms with Gasteiger partial charge in [0.1, 0.15) is 0 Å². The third-order valence-electron chi connectivity index (χ3n) is 1.19. The van der Waals surface area contributed by atoms with Crippen molar-refractivity contribution in [2.45, 2.75) is 12.8 Å². The minimum atomic E-state index is -0.831. The van der Waals surface area contributed by atoms with E-state index in [0.717, 1.165) is 11.8 Å². The van der Waals surface area contributed by atoms with E-state index in [2.05, 4.69) is 6.58 Å². The minimum Gasteiger partial charge on any atom is -0.481 e. The van der Waals surface area contributed by atoms with E-state index in [1.165, 1.54) is 6.08 Å². The summed E-state index contributed by atoms with van der Waals surface area (Å²) in [5.74, 6) is -0.831. The Balaban J connectivity index is 3.88. The lowest BCUT2D eigenvalue weighted by Crippen LogP contribution is -1.94. The average molecular weight is 153 g/mol. The zero-order valence-corrected chi connectivity index (χ0v) is 6.21. The van der Waals surface area contributed by atoms with Gasteiger partial charge >= 0.3 is 5.97 Å². The zero-order valence-electron chi connectivity index (χ0n) is 6.21. The monoisotopic (exact) mass is 153 g/mol. The van der Waals surface area contributed by atoms with Crippen LogP contribution in [0.5, 0.6) is 0 Å². The van der Waals surface area contributed by atoms with Crippen molar-refractivity contribution >= 4 is 12.2 Å². The van der Waals surface area contributed by atoms with Crippen molar-refractivity contribution in [3.63, 3.8) is 0 Å². The van der Waals surface area contributed by atoms with Gasteiger partial charge in [0.25, 0.3) is 0 Å². The van der Waals surface area contributed by atoms with Gasteiger partial charge in [0.15, 0.2) is 0 Å². The van der Waals surface area contributed by atoms with Crippen LogP contribution in [0.3, 0.4) is 0 Å². The first kappa shape index (κ1) is 9.62. The molecule has 0 heterocycles. The summed E-state index contributed by atoms with van der Waals surface area (Å²) in [5.41, 5.74) is 0.780. The average Bonchev–Trinajstić information content (AvgIpc) is 1.97.